The van der Waals surface area contributed by atoms with Crippen LogP contribution in [0.15, 0.2) is 63.2 Å². The van der Waals surface area contributed by atoms with E-state index in [0.29, 0.717) is 27.2 Å². The third kappa shape index (κ3) is 2.98. The molecule has 0 spiro atoms. The summed E-state index contributed by atoms with van der Waals surface area (Å²) in [6.07, 6.45) is 2.63. The molecule has 0 saturated carbocycles. The minimum atomic E-state index is -0.903. The highest BCUT2D eigenvalue weighted by molar-refractivity contribution is 6.26. The SMILES string of the molecule is Cc1cccc(-n2c(O)c(C=NN3C(=O)c4ccc5c6c(ccc(c46)C3=O)CC5)c(=O)[nH]c2=O)c1. The van der Waals surface area contributed by atoms with E-state index >= 15 is 0 Å². The molecule has 2 amide bonds. The molecular formula is C26H18N4O5. The Morgan fingerprint density at radius 3 is 2.20 bits per heavy atom. The Bertz CT molecular complexity index is 1700. The maximum atomic E-state index is 13.2. The van der Waals surface area contributed by atoms with Crippen LogP contribution in [0.25, 0.3) is 16.5 Å². The minimum absolute atomic E-state index is 0.335. The number of nitrogens with zero attached hydrogens (tertiary/aromatic N) is 3. The van der Waals surface area contributed by atoms with E-state index in [1.165, 1.54) is 0 Å². The molecule has 0 atom stereocenters. The number of aromatic hydroxyl groups is 1. The molecule has 9 nitrogen and oxygen atoms in total. The van der Waals surface area contributed by atoms with Crippen LogP contribution in [0.3, 0.4) is 0 Å². The minimum Gasteiger partial charge on any atom is -0.493 e. The zero-order valence-corrected chi connectivity index (χ0v) is 18.5. The molecule has 1 aliphatic carbocycles. The molecule has 2 N–H and O–H groups in total. The number of hydrogen-bond donors (Lipinski definition) is 2. The molecule has 1 aliphatic heterocycles. The zero-order valence-electron chi connectivity index (χ0n) is 18.5. The topological polar surface area (TPSA) is 125 Å². The van der Waals surface area contributed by atoms with Crippen molar-refractivity contribution in [2.24, 2.45) is 5.10 Å². The fourth-order valence-electron chi connectivity index (χ4n) is 4.89. The van der Waals surface area contributed by atoms with Gasteiger partial charge in [0.1, 0.15) is 5.56 Å². The largest absolute Gasteiger partial charge is 0.493 e. The number of hydrazone groups is 1. The van der Waals surface area contributed by atoms with E-state index in [-0.39, 0.29) is 5.56 Å². The first-order valence-electron chi connectivity index (χ1n) is 11.0. The van der Waals surface area contributed by atoms with Crippen LogP contribution in [0.2, 0.25) is 0 Å². The van der Waals surface area contributed by atoms with Gasteiger partial charge < -0.3 is 5.11 Å². The van der Waals surface area contributed by atoms with Crippen molar-refractivity contribution in [3.8, 4) is 11.6 Å². The van der Waals surface area contributed by atoms with Crippen LogP contribution in [0.1, 0.15) is 43.0 Å². The summed E-state index contributed by atoms with van der Waals surface area (Å²) in [6.45, 7) is 1.82. The summed E-state index contributed by atoms with van der Waals surface area (Å²) in [5.41, 5.74) is 1.97. The molecule has 2 aliphatic rings. The number of carbonyl (C=O) groups excluding carboxylic acids is 2. The lowest BCUT2D eigenvalue weighted by molar-refractivity contribution is 0.0616. The molecule has 0 bridgehead atoms. The number of nitrogens with one attached hydrogen (secondary N) is 1. The molecule has 35 heavy (non-hydrogen) atoms. The molecular weight excluding hydrogens is 448 g/mol. The van der Waals surface area contributed by atoms with Gasteiger partial charge >= 0.3 is 5.69 Å². The summed E-state index contributed by atoms with van der Waals surface area (Å²) < 4.78 is 0.921. The monoisotopic (exact) mass is 466 g/mol. The van der Waals surface area contributed by atoms with Crippen molar-refractivity contribution in [1.82, 2.24) is 14.6 Å². The Morgan fingerprint density at radius 1 is 0.914 bits per heavy atom. The summed E-state index contributed by atoms with van der Waals surface area (Å²) in [4.78, 5) is 53.5. The Hall–Kier alpha value is -4.79. The van der Waals surface area contributed by atoms with Gasteiger partial charge in [-0.3, -0.25) is 19.4 Å². The average molecular weight is 466 g/mol. The summed E-state index contributed by atoms with van der Waals surface area (Å²) in [5.74, 6) is -1.91. The maximum absolute atomic E-state index is 13.2. The molecule has 172 valence electrons. The molecule has 1 aromatic heterocycles. The summed E-state index contributed by atoms with van der Waals surface area (Å²) in [5, 5.41) is 17.0. The van der Waals surface area contributed by atoms with Gasteiger partial charge in [-0.1, -0.05) is 24.3 Å². The van der Waals surface area contributed by atoms with Crippen LogP contribution in [-0.2, 0) is 12.8 Å². The van der Waals surface area contributed by atoms with Gasteiger partial charge in [-0.15, -0.1) is 0 Å². The lowest BCUT2D eigenvalue weighted by Gasteiger charge is -2.23. The van der Waals surface area contributed by atoms with Gasteiger partial charge in [-0.05, 0) is 66.1 Å². The molecule has 0 radical (unpaired) electrons. The Labute approximate surface area is 197 Å². The van der Waals surface area contributed by atoms with Crippen LogP contribution < -0.4 is 11.2 Å². The van der Waals surface area contributed by atoms with Crippen LogP contribution in [0.4, 0.5) is 0 Å². The number of H-pyrrole nitrogens is 1. The quantitative estimate of drug-likeness (QED) is 0.354. The lowest BCUT2D eigenvalue weighted by atomic mass is 9.92. The van der Waals surface area contributed by atoms with E-state index in [0.717, 1.165) is 45.7 Å². The standard InChI is InChI=1S/C26H18N4O5/c1-13-3-2-4-16(11-13)29-23(32)19(22(31)28-26(29)35)12-27-30-24(33)17-9-7-14-5-6-15-8-10-18(25(30)34)21(17)20(14)15/h2-4,7-12,32H,5-6H2,1H3,(H,28,31,35). The third-order valence-electron chi connectivity index (χ3n) is 6.53. The van der Waals surface area contributed by atoms with Crippen molar-refractivity contribution in [3.63, 3.8) is 0 Å². The number of aryl methyl sites for hydroxylation is 3. The van der Waals surface area contributed by atoms with Crippen molar-refractivity contribution in [1.29, 1.82) is 0 Å². The number of hydrogen-bond acceptors (Lipinski definition) is 6. The molecule has 0 unspecified atom stereocenters. The second-order valence-electron chi connectivity index (χ2n) is 8.63. The van der Waals surface area contributed by atoms with E-state index in [4.69, 9.17) is 0 Å². The molecule has 4 aromatic rings. The van der Waals surface area contributed by atoms with Gasteiger partial charge in [0, 0.05) is 5.39 Å². The number of benzene rings is 3. The van der Waals surface area contributed by atoms with Crippen LogP contribution in [-0.4, -0.2) is 37.7 Å². The van der Waals surface area contributed by atoms with Crippen LogP contribution in [0, 0.1) is 6.92 Å². The second kappa shape index (κ2) is 7.36. The summed E-state index contributed by atoms with van der Waals surface area (Å²) in [6, 6.07) is 13.9. The first-order chi connectivity index (χ1) is 16.8. The van der Waals surface area contributed by atoms with Gasteiger partial charge in [-0.2, -0.15) is 10.1 Å². The highest BCUT2D eigenvalue weighted by Crippen LogP contribution is 2.38. The molecule has 3 aromatic carbocycles. The number of imide groups is 1. The molecule has 0 saturated heterocycles. The fraction of sp³-hybridized carbons (Fsp3) is 0.115. The number of amides is 2. The number of rotatable bonds is 3. The van der Waals surface area contributed by atoms with E-state index in [1.807, 2.05) is 25.1 Å². The highest BCUT2D eigenvalue weighted by atomic mass is 16.3. The normalized spacial score (nSPS) is 14.5. The van der Waals surface area contributed by atoms with Gasteiger partial charge in [0.15, 0.2) is 0 Å². The van der Waals surface area contributed by atoms with E-state index in [2.05, 4.69) is 10.1 Å². The lowest BCUT2D eigenvalue weighted by Crippen LogP contribution is -2.37. The number of carbonyl (C=O) groups is 2. The molecule has 9 heteroatoms. The van der Waals surface area contributed by atoms with Crippen molar-refractivity contribution < 1.29 is 14.7 Å². The van der Waals surface area contributed by atoms with Crippen molar-refractivity contribution in [3.05, 3.63) is 103 Å². The van der Waals surface area contributed by atoms with Gasteiger partial charge in [0.05, 0.1) is 23.0 Å². The van der Waals surface area contributed by atoms with Gasteiger partial charge in [-0.25, -0.2) is 9.36 Å². The predicted octanol–water partition coefficient (Wildman–Crippen LogP) is 2.42. The highest BCUT2D eigenvalue weighted by Gasteiger charge is 2.35. The van der Waals surface area contributed by atoms with Crippen LogP contribution >= 0.6 is 0 Å². The van der Waals surface area contributed by atoms with Crippen molar-refractivity contribution in [2.75, 3.05) is 0 Å². The number of aromatic amines is 1. The van der Waals surface area contributed by atoms with E-state index in [9.17, 15) is 24.3 Å². The maximum Gasteiger partial charge on any atom is 0.335 e. The summed E-state index contributed by atoms with van der Waals surface area (Å²) in [7, 11) is 0. The fourth-order valence-corrected chi connectivity index (χ4v) is 4.89. The molecule has 2 heterocycles. The van der Waals surface area contributed by atoms with Crippen LogP contribution in [0.5, 0.6) is 5.88 Å². The first kappa shape index (κ1) is 20.8. The van der Waals surface area contributed by atoms with Gasteiger partial charge in [0.2, 0.25) is 5.88 Å². The summed E-state index contributed by atoms with van der Waals surface area (Å²) >= 11 is 0. The molecule has 0 fully saturated rings. The van der Waals surface area contributed by atoms with E-state index in [1.54, 1.807) is 30.3 Å². The third-order valence-corrected chi connectivity index (χ3v) is 6.53. The Balaban J connectivity index is 1.46. The Kier molecular flexibility index (Phi) is 4.37. The Morgan fingerprint density at radius 2 is 1.57 bits per heavy atom. The smallest absolute Gasteiger partial charge is 0.335 e. The van der Waals surface area contributed by atoms with Crippen molar-refractivity contribution in [2.45, 2.75) is 19.8 Å². The number of aromatic nitrogens is 2. The second-order valence-corrected chi connectivity index (χ2v) is 8.63. The van der Waals surface area contributed by atoms with Gasteiger partial charge in [0.25, 0.3) is 17.4 Å². The molecule has 6 rings (SSSR count). The van der Waals surface area contributed by atoms with Crippen molar-refractivity contribution >= 4 is 28.8 Å². The average Bonchev–Trinajstić information content (AvgIpc) is 3.25. The zero-order chi connectivity index (χ0) is 24.4. The first-order valence-corrected chi connectivity index (χ1v) is 11.0. The predicted molar refractivity (Wildman–Crippen MR) is 129 cm³/mol. The van der Waals surface area contributed by atoms with E-state index < -0.39 is 28.9 Å².